The van der Waals surface area contributed by atoms with Gasteiger partial charge in [-0.2, -0.15) is 0 Å². The van der Waals surface area contributed by atoms with Crippen molar-refractivity contribution in [1.82, 2.24) is 0 Å². The highest BCUT2D eigenvalue weighted by atomic mass is 16.5. The van der Waals surface area contributed by atoms with Crippen molar-refractivity contribution < 1.29 is 19.7 Å². The van der Waals surface area contributed by atoms with E-state index in [1.54, 1.807) is 0 Å². The number of carbonyl (C=O) groups excluding carboxylic acids is 1. The van der Waals surface area contributed by atoms with Crippen LogP contribution in [-0.2, 0) is 4.74 Å². The molecule has 5 saturated carbocycles. The second-order valence-corrected chi connectivity index (χ2v) is 15.1. The summed E-state index contributed by atoms with van der Waals surface area (Å²) in [5.41, 5.74) is 2.61. The number of benzene rings is 1. The number of aliphatic hydroxyl groups excluding tert-OH is 2. The van der Waals surface area contributed by atoms with Crippen molar-refractivity contribution in [3.05, 3.63) is 35.4 Å². The molecule has 1 aromatic carbocycles. The normalized spacial score (nSPS) is 47.5. The van der Waals surface area contributed by atoms with E-state index in [1.807, 2.05) is 12.1 Å². The summed E-state index contributed by atoms with van der Waals surface area (Å²) in [6.07, 6.45) is 11.4. The van der Waals surface area contributed by atoms with Crippen molar-refractivity contribution in [2.75, 3.05) is 7.11 Å². The molecule has 6 rings (SSSR count). The highest BCUT2D eigenvalue weighted by Crippen LogP contribution is 2.70. The number of aliphatic hydroxyl groups is 2. The molecule has 0 spiro atoms. The molecule has 5 fully saturated rings. The number of methoxy groups -OCH3 is 1. The smallest absolute Gasteiger partial charge is 0.337 e. The Balaban J connectivity index is 1.15. The molecular formula is C35H52O4. The molecule has 0 saturated heterocycles. The van der Waals surface area contributed by atoms with Crippen LogP contribution in [0.25, 0.3) is 0 Å². The number of ether oxygens (including phenoxy) is 1. The predicted molar refractivity (Wildman–Crippen MR) is 154 cm³/mol. The van der Waals surface area contributed by atoms with E-state index in [-0.39, 0.29) is 23.6 Å². The summed E-state index contributed by atoms with van der Waals surface area (Å²) in [5.74, 6) is 5.06. The Labute approximate surface area is 236 Å². The average Bonchev–Trinajstić information content (AvgIpc) is 3.60. The van der Waals surface area contributed by atoms with Crippen LogP contribution in [-0.4, -0.2) is 35.5 Å². The maximum Gasteiger partial charge on any atom is 0.337 e. The van der Waals surface area contributed by atoms with E-state index in [9.17, 15) is 15.0 Å². The Morgan fingerprint density at radius 1 is 0.974 bits per heavy atom. The van der Waals surface area contributed by atoms with Crippen LogP contribution in [0, 0.1) is 58.2 Å². The van der Waals surface area contributed by atoms with E-state index in [2.05, 4.69) is 39.8 Å². The van der Waals surface area contributed by atoms with Crippen molar-refractivity contribution in [3.63, 3.8) is 0 Å². The minimum absolute atomic E-state index is 0.177. The van der Waals surface area contributed by atoms with Gasteiger partial charge in [0.2, 0.25) is 0 Å². The quantitative estimate of drug-likeness (QED) is 0.376. The third-order valence-corrected chi connectivity index (χ3v) is 13.5. The van der Waals surface area contributed by atoms with Gasteiger partial charge in [0.15, 0.2) is 0 Å². The van der Waals surface area contributed by atoms with Crippen LogP contribution in [0.15, 0.2) is 24.3 Å². The van der Waals surface area contributed by atoms with Crippen molar-refractivity contribution >= 4 is 5.97 Å². The van der Waals surface area contributed by atoms with Gasteiger partial charge in [-0.1, -0.05) is 46.2 Å². The highest BCUT2D eigenvalue weighted by molar-refractivity contribution is 5.89. The van der Waals surface area contributed by atoms with E-state index in [0.717, 1.165) is 37.5 Å². The molecule has 5 unspecified atom stereocenters. The number of fused-ring (bicyclic) bond motifs is 5. The molecule has 5 aliphatic rings. The zero-order valence-electron chi connectivity index (χ0n) is 24.9. The molecule has 0 aliphatic heterocycles. The van der Waals surface area contributed by atoms with Crippen LogP contribution in [0.2, 0.25) is 0 Å². The van der Waals surface area contributed by atoms with Crippen molar-refractivity contribution in [1.29, 1.82) is 0 Å². The number of rotatable bonds is 6. The topological polar surface area (TPSA) is 66.8 Å². The zero-order valence-corrected chi connectivity index (χ0v) is 24.9. The lowest BCUT2D eigenvalue weighted by Crippen LogP contribution is -2.62. The minimum atomic E-state index is -0.264. The lowest BCUT2D eigenvalue weighted by molar-refractivity contribution is -0.203. The molecule has 4 nitrogen and oxygen atoms in total. The Hall–Kier alpha value is -1.39. The lowest BCUT2D eigenvalue weighted by Gasteiger charge is -2.64. The van der Waals surface area contributed by atoms with Crippen molar-refractivity contribution in [2.24, 2.45) is 58.2 Å². The van der Waals surface area contributed by atoms with Gasteiger partial charge in [-0.3, -0.25) is 0 Å². The number of hydrogen-bond donors (Lipinski definition) is 2. The van der Waals surface area contributed by atoms with E-state index in [0.29, 0.717) is 52.4 Å². The van der Waals surface area contributed by atoms with Gasteiger partial charge in [-0.05, 0) is 140 Å². The second kappa shape index (κ2) is 10.2. The minimum Gasteiger partial charge on any atom is -0.465 e. The van der Waals surface area contributed by atoms with Gasteiger partial charge in [0.1, 0.15) is 0 Å². The van der Waals surface area contributed by atoms with Crippen LogP contribution in [0.4, 0.5) is 0 Å². The third-order valence-electron chi connectivity index (χ3n) is 13.5. The Bertz CT molecular complexity index is 1050. The highest BCUT2D eigenvalue weighted by Gasteiger charge is 2.65. The maximum absolute atomic E-state index is 12.0. The molecule has 13 atom stereocenters. The summed E-state index contributed by atoms with van der Waals surface area (Å²) in [6.45, 7) is 9.93. The van der Waals surface area contributed by atoms with Gasteiger partial charge in [0, 0.05) is 0 Å². The molecule has 0 bridgehead atoms. The molecule has 4 heteroatoms. The standard InChI is InChI=1S/C35H52O4/c1-6-25-30-19-24(36)13-15-35(30,4)29-14-16-34(3)27(11-12-28(34)31(29)32(25)37)20(2)17-23-18-26(23)21-7-9-22(10-8-21)33(38)39-5/h7-10,20,23-32,36-37H,6,11-19H2,1-5H3/t20-,23?,24-,25-,26+,27-,28?,29?,30+,31?,32-,34-,35?/m1/s1. The van der Waals surface area contributed by atoms with Gasteiger partial charge in [0.25, 0.3) is 0 Å². The molecule has 0 aromatic heterocycles. The Morgan fingerprint density at radius 3 is 2.36 bits per heavy atom. The first-order valence-electron chi connectivity index (χ1n) is 16.2. The van der Waals surface area contributed by atoms with Crippen LogP contribution >= 0.6 is 0 Å². The van der Waals surface area contributed by atoms with Crippen molar-refractivity contribution in [2.45, 2.75) is 110 Å². The molecule has 0 amide bonds. The van der Waals surface area contributed by atoms with Crippen LogP contribution in [0.1, 0.15) is 114 Å². The summed E-state index contributed by atoms with van der Waals surface area (Å²) in [7, 11) is 1.43. The van der Waals surface area contributed by atoms with E-state index in [1.165, 1.54) is 51.2 Å². The summed E-state index contributed by atoms with van der Waals surface area (Å²) < 4.78 is 4.86. The second-order valence-electron chi connectivity index (χ2n) is 15.1. The molecule has 39 heavy (non-hydrogen) atoms. The summed E-state index contributed by atoms with van der Waals surface area (Å²) in [6, 6.07) is 8.08. The molecule has 2 N–H and O–H groups in total. The van der Waals surface area contributed by atoms with Crippen molar-refractivity contribution in [3.8, 4) is 0 Å². The molecule has 0 radical (unpaired) electrons. The zero-order chi connectivity index (χ0) is 27.7. The number of carbonyl (C=O) groups is 1. The van der Waals surface area contributed by atoms with Crippen LogP contribution in [0.3, 0.4) is 0 Å². The third kappa shape index (κ3) is 4.42. The Morgan fingerprint density at radius 2 is 1.67 bits per heavy atom. The largest absolute Gasteiger partial charge is 0.465 e. The number of hydrogen-bond acceptors (Lipinski definition) is 4. The fraction of sp³-hybridized carbons (Fsp3) is 0.800. The predicted octanol–water partition coefficient (Wildman–Crippen LogP) is 7.23. The monoisotopic (exact) mass is 536 g/mol. The van der Waals surface area contributed by atoms with Gasteiger partial charge < -0.3 is 14.9 Å². The first-order chi connectivity index (χ1) is 18.6. The number of esters is 1. The molecule has 1 aromatic rings. The Kier molecular flexibility index (Phi) is 7.23. The van der Waals surface area contributed by atoms with E-state index in [4.69, 9.17) is 4.74 Å². The lowest BCUT2D eigenvalue weighted by atomic mass is 9.41. The molecule has 5 aliphatic carbocycles. The first kappa shape index (κ1) is 27.8. The van der Waals surface area contributed by atoms with Crippen LogP contribution in [0.5, 0.6) is 0 Å². The summed E-state index contributed by atoms with van der Waals surface area (Å²) in [5, 5.41) is 22.5. The average molecular weight is 537 g/mol. The first-order valence-corrected chi connectivity index (χ1v) is 16.2. The molecular weight excluding hydrogens is 484 g/mol. The van der Waals surface area contributed by atoms with E-state index < -0.39 is 0 Å². The van der Waals surface area contributed by atoms with Gasteiger partial charge in [0.05, 0.1) is 24.9 Å². The molecule has 216 valence electrons. The molecule has 0 heterocycles. The van der Waals surface area contributed by atoms with Crippen LogP contribution < -0.4 is 0 Å². The fourth-order valence-corrected chi connectivity index (χ4v) is 11.5. The SMILES string of the molecule is CC[C@H]1[C@@H](O)C2C(CC[C@@]3(C)C2CC[C@@H]3[C@H](C)CC2C[C@H]2c2ccc(C(=O)OC)cc2)C2(C)CC[C@@H](O)C[C@@H]12. The van der Waals surface area contributed by atoms with Gasteiger partial charge >= 0.3 is 5.97 Å². The fourth-order valence-electron chi connectivity index (χ4n) is 11.5. The van der Waals surface area contributed by atoms with E-state index >= 15 is 0 Å². The van der Waals surface area contributed by atoms with Gasteiger partial charge in [-0.25, -0.2) is 4.79 Å². The summed E-state index contributed by atoms with van der Waals surface area (Å²) >= 11 is 0. The summed E-state index contributed by atoms with van der Waals surface area (Å²) in [4.78, 5) is 11.8. The van der Waals surface area contributed by atoms with Gasteiger partial charge in [-0.15, -0.1) is 0 Å². The maximum atomic E-state index is 12.0.